The van der Waals surface area contributed by atoms with Crippen LogP contribution in [0.5, 0.6) is 0 Å². The van der Waals surface area contributed by atoms with E-state index in [0.717, 1.165) is 0 Å². The van der Waals surface area contributed by atoms with Gasteiger partial charge < -0.3 is 36.8 Å². The second kappa shape index (κ2) is 5.01. The summed E-state index contributed by atoms with van der Waals surface area (Å²) >= 11 is 0. The minimum atomic E-state index is -1.31. The SMILES string of the molecule is Nc1nc(N[C@@H]2O[C@H](CO)[C@@H](O)[C@H]2O)c(N)c(=O)[nH]1. The monoisotopic (exact) mass is 273 g/mol. The molecule has 9 N–H and O–H groups in total. The number of aromatic amines is 1. The van der Waals surface area contributed by atoms with Gasteiger partial charge in [0.1, 0.15) is 24.0 Å². The van der Waals surface area contributed by atoms with E-state index in [0.29, 0.717) is 0 Å². The quantitative estimate of drug-likeness (QED) is 0.298. The molecule has 1 saturated heterocycles. The van der Waals surface area contributed by atoms with E-state index < -0.39 is 36.7 Å². The van der Waals surface area contributed by atoms with Crippen LogP contribution in [0.2, 0.25) is 0 Å². The van der Waals surface area contributed by atoms with E-state index in [9.17, 15) is 15.0 Å². The molecule has 1 aliphatic heterocycles. The lowest BCUT2D eigenvalue weighted by Gasteiger charge is -2.17. The Kier molecular flexibility index (Phi) is 3.57. The normalized spacial score (nSPS) is 30.5. The van der Waals surface area contributed by atoms with Crippen LogP contribution >= 0.6 is 0 Å². The van der Waals surface area contributed by atoms with Gasteiger partial charge in [0, 0.05) is 0 Å². The third-order valence-electron chi connectivity index (χ3n) is 2.79. The summed E-state index contributed by atoms with van der Waals surface area (Å²) in [4.78, 5) is 17.3. The minimum Gasteiger partial charge on any atom is -0.394 e. The molecule has 1 aromatic rings. The number of aliphatic hydroxyl groups is 3. The van der Waals surface area contributed by atoms with Gasteiger partial charge in [0.05, 0.1) is 6.61 Å². The van der Waals surface area contributed by atoms with E-state index in [4.69, 9.17) is 21.3 Å². The van der Waals surface area contributed by atoms with Crippen LogP contribution in [0.4, 0.5) is 17.5 Å². The summed E-state index contributed by atoms with van der Waals surface area (Å²) in [5.41, 5.74) is 10.00. The predicted octanol–water partition coefficient (Wildman–Crippen LogP) is -3.21. The molecule has 0 bridgehead atoms. The summed E-state index contributed by atoms with van der Waals surface area (Å²) in [6, 6.07) is 0. The summed E-state index contributed by atoms with van der Waals surface area (Å²) in [5.74, 6) is -0.232. The fourth-order valence-corrected chi connectivity index (χ4v) is 1.76. The van der Waals surface area contributed by atoms with Crippen molar-refractivity contribution in [2.45, 2.75) is 24.5 Å². The van der Waals surface area contributed by atoms with E-state index in [1.165, 1.54) is 0 Å². The third kappa shape index (κ3) is 2.46. The van der Waals surface area contributed by atoms with Crippen LogP contribution in [0.25, 0.3) is 0 Å². The number of nitrogens with zero attached hydrogens (tertiary/aromatic N) is 1. The number of anilines is 3. The van der Waals surface area contributed by atoms with Gasteiger partial charge in [-0.1, -0.05) is 0 Å². The van der Waals surface area contributed by atoms with Crippen molar-refractivity contribution < 1.29 is 20.1 Å². The standard InChI is InChI=1S/C9H15N5O5/c10-3-6(13-9(11)14-7(3)18)12-8-5(17)4(16)2(1-15)19-8/h2,4-5,8,15-17H,1,10H2,(H4,11,12,13,14,18)/t2-,4-,5-,8-/m1/s1. The average molecular weight is 273 g/mol. The second-order valence-corrected chi connectivity index (χ2v) is 4.12. The molecule has 2 heterocycles. The zero-order chi connectivity index (χ0) is 14.2. The van der Waals surface area contributed by atoms with Gasteiger partial charge in [0.15, 0.2) is 12.0 Å². The number of H-pyrrole nitrogens is 1. The number of aromatic nitrogens is 2. The van der Waals surface area contributed by atoms with Crippen LogP contribution in [-0.4, -0.2) is 56.4 Å². The van der Waals surface area contributed by atoms with Crippen LogP contribution < -0.4 is 22.3 Å². The molecule has 0 radical (unpaired) electrons. The average Bonchev–Trinajstić information content (AvgIpc) is 2.63. The molecule has 4 atom stereocenters. The summed E-state index contributed by atoms with van der Waals surface area (Å²) < 4.78 is 5.16. The Labute approximate surface area is 107 Å². The van der Waals surface area contributed by atoms with Gasteiger partial charge >= 0.3 is 0 Å². The van der Waals surface area contributed by atoms with Crippen molar-refractivity contribution in [3.63, 3.8) is 0 Å². The number of nitrogens with one attached hydrogen (secondary N) is 2. The van der Waals surface area contributed by atoms with Crippen molar-refractivity contribution in [2.24, 2.45) is 0 Å². The molecule has 0 saturated carbocycles. The summed E-state index contributed by atoms with van der Waals surface area (Å²) in [5, 5.41) is 30.8. The smallest absolute Gasteiger partial charge is 0.277 e. The van der Waals surface area contributed by atoms with Crippen molar-refractivity contribution in [3.8, 4) is 0 Å². The van der Waals surface area contributed by atoms with Gasteiger partial charge in [-0.25, -0.2) is 0 Å². The first-order chi connectivity index (χ1) is 8.93. The van der Waals surface area contributed by atoms with Gasteiger partial charge in [-0.15, -0.1) is 0 Å². The number of rotatable bonds is 3. The van der Waals surface area contributed by atoms with Gasteiger partial charge in [-0.3, -0.25) is 9.78 Å². The molecule has 1 aromatic heterocycles. The highest BCUT2D eigenvalue weighted by molar-refractivity contribution is 5.61. The van der Waals surface area contributed by atoms with Crippen LogP contribution in [0.3, 0.4) is 0 Å². The van der Waals surface area contributed by atoms with Crippen molar-refractivity contribution in [1.29, 1.82) is 0 Å². The highest BCUT2D eigenvalue weighted by Crippen LogP contribution is 2.23. The van der Waals surface area contributed by atoms with Crippen LogP contribution in [0.1, 0.15) is 0 Å². The van der Waals surface area contributed by atoms with Gasteiger partial charge in [-0.05, 0) is 0 Å². The molecule has 0 unspecified atom stereocenters. The van der Waals surface area contributed by atoms with Crippen molar-refractivity contribution in [2.75, 3.05) is 23.4 Å². The molecule has 0 amide bonds. The van der Waals surface area contributed by atoms with Gasteiger partial charge in [0.2, 0.25) is 5.95 Å². The first-order valence-corrected chi connectivity index (χ1v) is 5.48. The topological polar surface area (TPSA) is 180 Å². The second-order valence-electron chi connectivity index (χ2n) is 4.12. The molecule has 2 rings (SSSR count). The Morgan fingerprint density at radius 3 is 2.63 bits per heavy atom. The zero-order valence-corrected chi connectivity index (χ0v) is 9.78. The Hall–Kier alpha value is -1.88. The Morgan fingerprint density at radius 2 is 2.05 bits per heavy atom. The lowest BCUT2D eigenvalue weighted by molar-refractivity contribution is -0.0153. The van der Waals surface area contributed by atoms with Crippen molar-refractivity contribution in [3.05, 3.63) is 10.4 Å². The fourth-order valence-electron chi connectivity index (χ4n) is 1.76. The molecule has 1 aliphatic rings. The maximum absolute atomic E-state index is 11.4. The molecule has 10 heteroatoms. The number of hydrogen-bond acceptors (Lipinski definition) is 9. The Morgan fingerprint density at radius 1 is 1.37 bits per heavy atom. The predicted molar refractivity (Wildman–Crippen MR) is 65.1 cm³/mol. The number of nitrogens with two attached hydrogens (primary N) is 2. The third-order valence-corrected chi connectivity index (χ3v) is 2.79. The largest absolute Gasteiger partial charge is 0.394 e. The molecule has 106 valence electrons. The lowest BCUT2D eigenvalue weighted by Crippen LogP contribution is -2.37. The van der Waals surface area contributed by atoms with Crippen molar-refractivity contribution >= 4 is 17.5 Å². The number of nitrogen functional groups attached to an aromatic ring is 2. The van der Waals surface area contributed by atoms with Crippen LogP contribution in [0, 0.1) is 0 Å². The summed E-state index contributed by atoms with van der Waals surface area (Å²) in [6.45, 7) is -0.461. The molecular weight excluding hydrogens is 258 g/mol. The van der Waals surface area contributed by atoms with E-state index in [2.05, 4.69) is 15.3 Å². The molecule has 0 aliphatic carbocycles. The summed E-state index contributed by atoms with van der Waals surface area (Å²) in [7, 11) is 0. The maximum Gasteiger partial charge on any atom is 0.277 e. The first-order valence-electron chi connectivity index (χ1n) is 5.48. The zero-order valence-electron chi connectivity index (χ0n) is 9.78. The minimum absolute atomic E-state index is 0.0731. The highest BCUT2D eigenvalue weighted by Gasteiger charge is 2.42. The Bertz CT molecular complexity index is 520. The van der Waals surface area contributed by atoms with Gasteiger partial charge in [-0.2, -0.15) is 4.98 Å². The van der Waals surface area contributed by atoms with Gasteiger partial charge in [0.25, 0.3) is 5.56 Å². The number of ether oxygens (including phenoxy) is 1. The summed E-state index contributed by atoms with van der Waals surface area (Å²) in [6.07, 6.45) is -4.57. The lowest BCUT2D eigenvalue weighted by atomic mass is 10.1. The molecular formula is C9H15N5O5. The highest BCUT2D eigenvalue weighted by atomic mass is 16.6. The molecule has 1 fully saturated rings. The van der Waals surface area contributed by atoms with Crippen LogP contribution in [0.15, 0.2) is 4.79 Å². The maximum atomic E-state index is 11.4. The number of aliphatic hydroxyl groups excluding tert-OH is 3. The molecule has 0 aromatic carbocycles. The first kappa shape index (κ1) is 13.5. The molecule has 0 spiro atoms. The van der Waals surface area contributed by atoms with E-state index in [-0.39, 0.29) is 17.5 Å². The molecule has 19 heavy (non-hydrogen) atoms. The Balaban J connectivity index is 2.21. The van der Waals surface area contributed by atoms with E-state index >= 15 is 0 Å². The number of hydrogen-bond donors (Lipinski definition) is 7. The van der Waals surface area contributed by atoms with E-state index in [1.807, 2.05) is 0 Å². The molecule has 10 nitrogen and oxygen atoms in total. The van der Waals surface area contributed by atoms with E-state index in [1.54, 1.807) is 0 Å². The van der Waals surface area contributed by atoms with Crippen LogP contribution in [-0.2, 0) is 4.74 Å². The fraction of sp³-hybridized carbons (Fsp3) is 0.556. The van der Waals surface area contributed by atoms with Crippen molar-refractivity contribution in [1.82, 2.24) is 9.97 Å².